The van der Waals surface area contributed by atoms with Gasteiger partial charge in [-0.05, 0) is 61.9 Å². The van der Waals surface area contributed by atoms with Gasteiger partial charge in [0.25, 0.3) is 0 Å². The number of aliphatic carboxylic acids is 1. The van der Waals surface area contributed by atoms with Crippen molar-refractivity contribution in [2.24, 2.45) is 0 Å². The highest BCUT2D eigenvalue weighted by Gasteiger charge is 2.25. The first-order valence-corrected chi connectivity index (χ1v) is 10.4. The molecular formula is C22H25NO3S. The Morgan fingerprint density at radius 2 is 2.07 bits per heavy atom. The van der Waals surface area contributed by atoms with E-state index in [1.807, 2.05) is 0 Å². The minimum absolute atomic E-state index is 0.211. The predicted molar refractivity (Wildman–Crippen MR) is 108 cm³/mol. The van der Waals surface area contributed by atoms with Crippen molar-refractivity contribution in [3.05, 3.63) is 56.8 Å². The number of hydrogen-bond acceptors (Lipinski definition) is 4. The van der Waals surface area contributed by atoms with E-state index in [0.717, 1.165) is 38.1 Å². The molecule has 1 saturated heterocycles. The number of nitrogens with zero attached hydrogens (tertiary/aromatic N) is 1. The molecule has 2 aliphatic heterocycles. The Kier molecular flexibility index (Phi) is 5.32. The average molecular weight is 384 g/mol. The van der Waals surface area contributed by atoms with Gasteiger partial charge >= 0.3 is 5.97 Å². The molecule has 0 saturated carbocycles. The minimum Gasteiger partial charge on any atom is -0.488 e. The highest BCUT2D eigenvalue weighted by atomic mass is 32.1. The third-order valence-electron chi connectivity index (χ3n) is 5.47. The van der Waals surface area contributed by atoms with Gasteiger partial charge < -0.3 is 14.7 Å². The number of rotatable bonds is 4. The quantitative estimate of drug-likeness (QED) is 0.840. The van der Waals surface area contributed by atoms with E-state index in [-0.39, 0.29) is 6.42 Å². The van der Waals surface area contributed by atoms with Gasteiger partial charge in [0, 0.05) is 41.1 Å². The summed E-state index contributed by atoms with van der Waals surface area (Å²) in [6.07, 6.45) is 3.83. The van der Waals surface area contributed by atoms with Crippen LogP contribution < -0.4 is 4.74 Å². The first kappa shape index (κ1) is 18.3. The monoisotopic (exact) mass is 383 g/mol. The second kappa shape index (κ2) is 7.87. The largest absolute Gasteiger partial charge is 0.488 e. The number of piperidine rings is 1. The number of aryl methyl sites for hydroxylation is 1. The van der Waals surface area contributed by atoms with Crippen LogP contribution in [0.1, 0.15) is 47.3 Å². The second-order valence-corrected chi connectivity index (χ2v) is 8.34. The lowest BCUT2D eigenvalue weighted by Crippen LogP contribution is -2.26. The summed E-state index contributed by atoms with van der Waals surface area (Å²) in [5.74, 6) is 0.215. The number of carboxylic acid groups (broad SMARTS) is 1. The van der Waals surface area contributed by atoms with E-state index in [4.69, 9.17) is 9.84 Å². The van der Waals surface area contributed by atoms with Crippen molar-refractivity contribution in [1.29, 1.82) is 0 Å². The molecule has 1 aromatic heterocycles. The number of hydrogen-bond donors (Lipinski definition) is 1. The highest BCUT2D eigenvalue weighted by Crippen LogP contribution is 2.43. The van der Waals surface area contributed by atoms with Gasteiger partial charge in [0.15, 0.2) is 0 Å². The smallest absolute Gasteiger partial charge is 0.303 e. The summed E-state index contributed by atoms with van der Waals surface area (Å²) in [7, 11) is 2.18. The SMILES string of the molecule is CN1CCC(=C2c3cc(CCCC(=O)O)ccc3OCc3ccsc32)CC1. The third kappa shape index (κ3) is 3.94. The third-order valence-corrected chi connectivity index (χ3v) is 6.44. The molecule has 4 rings (SSSR count). The summed E-state index contributed by atoms with van der Waals surface area (Å²) in [4.78, 5) is 14.6. The molecule has 2 aromatic rings. The molecule has 1 fully saturated rings. The molecule has 5 heteroatoms. The maximum atomic E-state index is 10.8. The van der Waals surface area contributed by atoms with Gasteiger partial charge in [-0.25, -0.2) is 0 Å². The van der Waals surface area contributed by atoms with E-state index in [1.165, 1.54) is 32.7 Å². The first-order chi connectivity index (χ1) is 13.1. The Morgan fingerprint density at radius 1 is 1.26 bits per heavy atom. The van der Waals surface area contributed by atoms with Crippen LogP contribution in [0.15, 0.2) is 35.2 Å². The summed E-state index contributed by atoms with van der Waals surface area (Å²) in [5.41, 5.74) is 6.52. The van der Waals surface area contributed by atoms with Crippen LogP contribution in [0.5, 0.6) is 5.75 Å². The zero-order valence-electron chi connectivity index (χ0n) is 15.7. The van der Waals surface area contributed by atoms with E-state index in [9.17, 15) is 4.79 Å². The lowest BCUT2D eigenvalue weighted by atomic mass is 9.89. The van der Waals surface area contributed by atoms with E-state index in [0.29, 0.717) is 13.0 Å². The van der Waals surface area contributed by atoms with Crippen LogP contribution >= 0.6 is 11.3 Å². The van der Waals surface area contributed by atoms with Gasteiger partial charge in [-0.3, -0.25) is 4.79 Å². The first-order valence-electron chi connectivity index (χ1n) is 9.57. The van der Waals surface area contributed by atoms with Gasteiger partial charge in [0.05, 0.1) is 0 Å². The number of carbonyl (C=O) groups is 1. The van der Waals surface area contributed by atoms with E-state index >= 15 is 0 Å². The molecule has 0 aliphatic carbocycles. The number of thiophene rings is 1. The zero-order valence-corrected chi connectivity index (χ0v) is 16.5. The molecular weight excluding hydrogens is 358 g/mol. The number of benzene rings is 1. The fourth-order valence-electron chi connectivity index (χ4n) is 3.93. The Balaban J connectivity index is 1.75. The van der Waals surface area contributed by atoms with Crippen LogP contribution in [0, 0.1) is 0 Å². The van der Waals surface area contributed by atoms with Gasteiger partial charge in [-0.2, -0.15) is 0 Å². The Hall–Kier alpha value is -2.11. The van der Waals surface area contributed by atoms with Crippen LogP contribution in [0.3, 0.4) is 0 Å². The van der Waals surface area contributed by atoms with Gasteiger partial charge in [0.2, 0.25) is 0 Å². The van der Waals surface area contributed by atoms with Crippen LogP contribution in [0.4, 0.5) is 0 Å². The summed E-state index contributed by atoms with van der Waals surface area (Å²) >= 11 is 1.80. The Morgan fingerprint density at radius 3 is 2.85 bits per heavy atom. The Labute approximate surface area is 164 Å². The number of ether oxygens (including phenoxy) is 1. The van der Waals surface area contributed by atoms with E-state index in [2.05, 4.69) is 41.6 Å². The second-order valence-electron chi connectivity index (χ2n) is 7.42. The predicted octanol–water partition coefficient (Wildman–Crippen LogP) is 4.58. The molecule has 142 valence electrons. The summed E-state index contributed by atoms with van der Waals surface area (Å²) < 4.78 is 6.14. The van der Waals surface area contributed by atoms with Gasteiger partial charge in [-0.15, -0.1) is 11.3 Å². The molecule has 4 nitrogen and oxygen atoms in total. The minimum atomic E-state index is -0.731. The summed E-state index contributed by atoms with van der Waals surface area (Å²) in [6.45, 7) is 2.79. The average Bonchev–Trinajstić information content (AvgIpc) is 3.05. The normalized spacial score (nSPS) is 17.1. The molecule has 0 radical (unpaired) electrons. The zero-order chi connectivity index (χ0) is 18.8. The molecule has 0 spiro atoms. The Bertz CT molecular complexity index is 873. The van der Waals surface area contributed by atoms with Crippen molar-refractivity contribution in [1.82, 2.24) is 4.90 Å². The van der Waals surface area contributed by atoms with Crippen molar-refractivity contribution in [3.8, 4) is 5.75 Å². The topological polar surface area (TPSA) is 49.8 Å². The van der Waals surface area contributed by atoms with E-state index in [1.54, 1.807) is 11.3 Å². The number of carboxylic acids is 1. The summed E-state index contributed by atoms with van der Waals surface area (Å²) in [6, 6.07) is 8.55. The molecule has 2 aliphatic rings. The summed E-state index contributed by atoms with van der Waals surface area (Å²) in [5, 5.41) is 11.1. The van der Waals surface area contributed by atoms with Crippen molar-refractivity contribution in [3.63, 3.8) is 0 Å². The maximum absolute atomic E-state index is 10.8. The fourth-order valence-corrected chi connectivity index (χ4v) is 4.95. The highest BCUT2D eigenvalue weighted by molar-refractivity contribution is 7.11. The lowest BCUT2D eigenvalue weighted by molar-refractivity contribution is -0.137. The maximum Gasteiger partial charge on any atom is 0.303 e. The van der Waals surface area contributed by atoms with Crippen LogP contribution in [0.2, 0.25) is 0 Å². The lowest BCUT2D eigenvalue weighted by Gasteiger charge is -2.26. The molecule has 1 N–H and O–H groups in total. The van der Waals surface area contributed by atoms with Crippen molar-refractivity contribution in [2.75, 3.05) is 20.1 Å². The molecule has 0 unspecified atom stereocenters. The molecule has 0 amide bonds. The van der Waals surface area contributed by atoms with Crippen molar-refractivity contribution in [2.45, 2.75) is 38.7 Å². The van der Waals surface area contributed by atoms with Crippen molar-refractivity contribution >= 4 is 22.9 Å². The van der Waals surface area contributed by atoms with Gasteiger partial charge in [0.1, 0.15) is 12.4 Å². The van der Waals surface area contributed by atoms with Crippen molar-refractivity contribution < 1.29 is 14.6 Å². The van der Waals surface area contributed by atoms with E-state index < -0.39 is 5.97 Å². The van der Waals surface area contributed by atoms with Gasteiger partial charge in [-0.1, -0.05) is 11.6 Å². The molecule has 27 heavy (non-hydrogen) atoms. The van der Waals surface area contributed by atoms with Crippen LogP contribution in [0.25, 0.3) is 5.57 Å². The molecule has 3 heterocycles. The number of fused-ring (bicyclic) bond motifs is 2. The standard InChI is InChI=1S/C22H25NO3S/c1-23-10-7-16(8-11-23)21-18-13-15(3-2-4-20(24)25)5-6-19(18)26-14-17-9-12-27-22(17)21/h5-6,9,12-13H,2-4,7-8,10-11,14H2,1H3,(H,24,25). The molecule has 0 bridgehead atoms. The molecule has 1 aromatic carbocycles. The van der Waals surface area contributed by atoms with Crippen LogP contribution in [-0.2, 0) is 17.8 Å². The van der Waals surface area contributed by atoms with Crippen LogP contribution in [-0.4, -0.2) is 36.1 Å². The fraction of sp³-hybridized carbons (Fsp3) is 0.409. The number of likely N-dealkylation sites (tertiary alicyclic amines) is 1. The molecule has 0 atom stereocenters.